The highest BCUT2D eigenvalue weighted by Crippen LogP contribution is 2.31. The summed E-state index contributed by atoms with van der Waals surface area (Å²) in [4.78, 5) is 103. The van der Waals surface area contributed by atoms with Gasteiger partial charge in [-0.2, -0.15) is 0 Å². The fourth-order valence-corrected chi connectivity index (χ4v) is 11.7. The first-order chi connectivity index (χ1) is 38.4. The molecule has 3 fully saturated rings. The number of rotatable bonds is 22. The largest absolute Gasteiger partial charge is 0.508 e. The number of unbranched alkanes of at least 4 members (excludes halogenated alkanes) is 5. The lowest BCUT2D eigenvalue weighted by Gasteiger charge is -2.35. The third-order valence-corrected chi connectivity index (χ3v) is 16.6. The minimum atomic E-state index is -2.29. The van der Waals surface area contributed by atoms with Gasteiger partial charge in [0.2, 0.25) is 41.4 Å². The molecule has 16 N–H and O–H groups in total. The molecule has 0 aliphatic carbocycles. The van der Waals surface area contributed by atoms with Crippen LogP contribution in [0.25, 0.3) is 0 Å². The number of amides is 7. The van der Waals surface area contributed by atoms with Crippen molar-refractivity contribution in [3.05, 3.63) is 54.1 Å². The van der Waals surface area contributed by atoms with Gasteiger partial charge in [0.15, 0.2) is 0 Å². The van der Waals surface area contributed by atoms with Gasteiger partial charge in [0, 0.05) is 37.2 Å². The van der Waals surface area contributed by atoms with Crippen LogP contribution in [-0.4, -0.2) is 195 Å². The molecule has 25 heteroatoms. The third kappa shape index (κ3) is 18.9. The number of carbonyl (C=O) groups is 7. The monoisotopic (exact) mass is 1160 g/mol. The maximum absolute atomic E-state index is 14.7. The summed E-state index contributed by atoms with van der Waals surface area (Å²) in [6.07, 6.45) is -5.84. The van der Waals surface area contributed by atoms with E-state index in [1.54, 1.807) is 0 Å². The lowest BCUT2D eigenvalue weighted by atomic mass is 9.91. The minimum absolute atomic E-state index is 0.0470. The number of phenols is 2. The standard InChI is InChI=1S/C56H86N8O16S/c1-5-30(2)25-31(3)13-10-8-6-7-9-11-16-43(72)58-38-28-42(71)54(81-37-15-12-14-35(67)26-37)62-53(78)47-41(70)22-24-63(47)56(80)45(40(69)21-23-57)60-52(77)46(49(74)48(73)33-17-19-34(66)20-18-33)61-51(76)39-27-36(68)29-64(39)55(79)44(32(4)65)59-50(38)75/h12,14-15,17-20,26,30-32,36,38-42,44-49,54,65-71,73-74H,5-11,13,16,21-25,27-29,57H2,1-4H3,(H,58,72)(H,59,75)(H,60,77)(H,61,76)(H,62,78)/t30?,31?,32-,36-,38+,39+,40-,41+,42-,44+,45+,46+,47+,48+,49+,54-/m1/s1. The summed E-state index contributed by atoms with van der Waals surface area (Å²) < 4.78 is 0. The predicted octanol–water partition coefficient (Wildman–Crippen LogP) is -0.362. The number of hydrogen-bond acceptors (Lipinski definition) is 18. The number of nitrogens with two attached hydrogens (primary N) is 1. The van der Waals surface area contributed by atoms with Gasteiger partial charge in [0.05, 0.1) is 30.5 Å². The molecule has 0 radical (unpaired) electrons. The molecule has 3 heterocycles. The Morgan fingerprint density at radius 3 is 2.01 bits per heavy atom. The van der Waals surface area contributed by atoms with Gasteiger partial charge < -0.3 is 88.1 Å². The van der Waals surface area contributed by atoms with Crippen molar-refractivity contribution in [1.82, 2.24) is 36.4 Å². The number of carbonyl (C=O) groups excluding carboxylic acids is 7. The quantitative estimate of drug-likeness (QED) is 0.0669. The van der Waals surface area contributed by atoms with E-state index >= 15 is 0 Å². The molecule has 3 aliphatic heterocycles. The Bertz CT molecular complexity index is 2410. The molecule has 5 rings (SSSR count). The molecule has 0 spiro atoms. The number of benzene rings is 2. The van der Waals surface area contributed by atoms with Crippen molar-refractivity contribution in [2.24, 2.45) is 17.6 Å². The van der Waals surface area contributed by atoms with E-state index in [1.807, 2.05) is 0 Å². The van der Waals surface area contributed by atoms with E-state index in [9.17, 15) is 79.5 Å². The average molecular weight is 1160 g/mol. The SMILES string of the molecule is CCC(C)CC(C)CCCCCCCCC(=O)N[C@H]1C[C@@H](O)[C@@H](Sc2cccc(O)c2)NC(=O)[C@@H]2[C@@H](O)CCN2C(=O)[C@H]([C@H](O)CCN)NC(=O)[C@H]([C@H](O)[C@@H](O)c2ccc(O)cc2)NC(=O)[C@@H]2C[C@@H](O)CN2C(=O)[C@H]([C@@H](C)O)NC1=O. The average Bonchev–Trinajstić information content (AvgIpc) is 4.17. The van der Waals surface area contributed by atoms with Gasteiger partial charge >= 0.3 is 0 Å². The third-order valence-electron chi connectivity index (χ3n) is 15.4. The molecule has 16 atom stereocenters. The summed E-state index contributed by atoms with van der Waals surface area (Å²) in [7, 11) is 0. The Morgan fingerprint density at radius 2 is 1.36 bits per heavy atom. The van der Waals surface area contributed by atoms with Crippen LogP contribution in [0.5, 0.6) is 11.5 Å². The second-order valence-corrected chi connectivity index (χ2v) is 23.3. The number of aliphatic hydroxyl groups is 7. The Hall–Kier alpha value is -5.64. The first-order valence-corrected chi connectivity index (χ1v) is 29.1. The van der Waals surface area contributed by atoms with Gasteiger partial charge in [-0.1, -0.05) is 95.7 Å². The van der Waals surface area contributed by atoms with Crippen LogP contribution in [0.15, 0.2) is 53.4 Å². The number of nitrogens with one attached hydrogen (secondary N) is 5. The molecular weight excluding hydrogens is 1070 g/mol. The molecule has 0 bridgehead atoms. The Morgan fingerprint density at radius 1 is 0.716 bits per heavy atom. The van der Waals surface area contributed by atoms with Gasteiger partial charge in [-0.3, -0.25) is 33.6 Å². The van der Waals surface area contributed by atoms with E-state index < -0.39 is 145 Å². The predicted molar refractivity (Wildman–Crippen MR) is 297 cm³/mol. The maximum atomic E-state index is 14.7. The molecule has 0 saturated carbocycles. The van der Waals surface area contributed by atoms with E-state index in [4.69, 9.17) is 5.73 Å². The number of thioether (sulfide) groups is 1. The maximum Gasteiger partial charge on any atom is 0.248 e. The van der Waals surface area contributed by atoms with E-state index in [2.05, 4.69) is 47.4 Å². The zero-order valence-electron chi connectivity index (χ0n) is 46.6. The zero-order valence-corrected chi connectivity index (χ0v) is 47.5. The summed E-state index contributed by atoms with van der Waals surface area (Å²) >= 11 is 0.790. The molecule has 24 nitrogen and oxygen atoms in total. The molecule has 3 aliphatic rings. The highest BCUT2D eigenvalue weighted by atomic mass is 32.2. The van der Waals surface area contributed by atoms with Crippen LogP contribution in [0.3, 0.4) is 0 Å². The number of aromatic hydroxyl groups is 2. The molecule has 3 saturated heterocycles. The minimum Gasteiger partial charge on any atom is -0.508 e. The van der Waals surface area contributed by atoms with Crippen LogP contribution < -0.4 is 32.3 Å². The van der Waals surface area contributed by atoms with Crippen LogP contribution in [0.1, 0.15) is 129 Å². The zero-order chi connectivity index (χ0) is 59.7. The fourth-order valence-electron chi connectivity index (χ4n) is 10.6. The van der Waals surface area contributed by atoms with Crippen molar-refractivity contribution in [1.29, 1.82) is 0 Å². The van der Waals surface area contributed by atoms with Crippen LogP contribution in [0.2, 0.25) is 0 Å². The summed E-state index contributed by atoms with van der Waals surface area (Å²) in [6.45, 7) is 6.74. The summed E-state index contributed by atoms with van der Waals surface area (Å²) in [5, 5.41) is 111. The second kappa shape index (κ2) is 31.7. The van der Waals surface area contributed by atoms with Crippen molar-refractivity contribution < 1.29 is 79.5 Å². The van der Waals surface area contributed by atoms with E-state index in [-0.39, 0.29) is 54.3 Å². The normalized spacial score (nSPS) is 27.8. The van der Waals surface area contributed by atoms with E-state index in [0.717, 1.165) is 67.0 Å². The van der Waals surface area contributed by atoms with Gasteiger partial charge in [0.1, 0.15) is 65.3 Å². The smallest absolute Gasteiger partial charge is 0.248 e. The Balaban J connectivity index is 1.53. The summed E-state index contributed by atoms with van der Waals surface area (Å²) in [5.41, 5.74) is 5.72. The number of phenolic OH excluding ortho intramolecular Hbond substituents is 2. The molecule has 81 heavy (non-hydrogen) atoms. The van der Waals surface area contributed by atoms with Crippen molar-refractivity contribution in [3.8, 4) is 11.5 Å². The second-order valence-electron chi connectivity index (χ2n) is 22.1. The van der Waals surface area contributed by atoms with Crippen LogP contribution in [-0.2, 0) is 33.6 Å². The van der Waals surface area contributed by atoms with Crippen molar-refractivity contribution in [2.75, 3.05) is 19.6 Å². The van der Waals surface area contributed by atoms with Gasteiger partial charge in [0.25, 0.3) is 0 Å². The first kappa shape index (κ1) is 66.2. The number of fused-ring (bicyclic) bond motifs is 2. The first-order valence-electron chi connectivity index (χ1n) is 28.3. The Kier molecular flexibility index (Phi) is 25.9. The Labute approximate surface area is 477 Å². The summed E-state index contributed by atoms with van der Waals surface area (Å²) in [5.74, 6) is -6.77. The molecular formula is C56H86N8O16S. The lowest BCUT2D eigenvalue weighted by Crippen LogP contribution is -2.64. The molecule has 2 unspecified atom stereocenters. The number of hydrogen-bond donors (Lipinski definition) is 15. The molecule has 452 valence electrons. The van der Waals surface area contributed by atoms with Crippen molar-refractivity contribution in [2.45, 2.75) is 207 Å². The van der Waals surface area contributed by atoms with Crippen LogP contribution in [0, 0.1) is 11.8 Å². The molecule has 7 amide bonds. The highest BCUT2D eigenvalue weighted by Gasteiger charge is 2.49. The van der Waals surface area contributed by atoms with E-state index in [0.29, 0.717) is 24.7 Å². The molecule has 2 aromatic carbocycles. The van der Waals surface area contributed by atoms with E-state index in [1.165, 1.54) is 55.0 Å². The van der Waals surface area contributed by atoms with Crippen LogP contribution in [0.4, 0.5) is 0 Å². The molecule has 2 aromatic rings. The van der Waals surface area contributed by atoms with Gasteiger partial charge in [-0.15, -0.1) is 0 Å². The number of nitrogens with zero attached hydrogens (tertiary/aromatic N) is 2. The van der Waals surface area contributed by atoms with Gasteiger partial charge in [-0.25, -0.2) is 0 Å². The number of aliphatic hydroxyl groups excluding tert-OH is 7. The van der Waals surface area contributed by atoms with Crippen molar-refractivity contribution in [3.63, 3.8) is 0 Å². The van der Waals surface area contributed by atoms with Gasteiger partial charge in [-0.05, 0) is 86.9 Å². The lowest BCUT2D eigenvalue weighted by molar-refractivity contribution is -0.148. The van der Waals surface area contributed by atoms with Crippen molar-refractivity contribution >= 4 is 53.1 Å². The highest BCUT2D eigenvalue weighted by molar-refractivity contribution is 8.00. The molecule has 0 aromatic heterocycles. The van der Waals surface area contributed by atoms with Crippen LogP contribution >= 0.6 is 11.8 Å². The summed E-state index contributed by atoms with van der Waals surface area (Å²) in [6, 6.07) is -0.894. The fraction of sp³-hybridized carbons (Fsp3) is 0.661. The topological polar surface area (TPSA) is 394 Å².